The van der Waals surface area contributed by atoms with Crippen molar-refractivity contribution < 1.29 is 23.5 Å². The number of anilines is 1. The average Bonchev–Trinajstić information content (AvgIpc) is 3.59. The minimum Gasteiger partial charge on any atom is -0.453 e. The first-order valence-corrected chi connectivity index (χ1v) is 13.3. The van der Waals surface area contributed by atoms with E-state index in [1.807, 2.05) is 39.0 Å². The number of hydrogen-bond acceptors (Lipinski definition) is 10. The van der Waals surface area contributed by atoms with Gasteiger partial charge in [-0.05, 0) is 37.8 Å². The van der Waals surface area contributed by atoms with Gasteiger partial charge in [-0.2, -0.15) is 0 Å². The molecule has 2 N–H and O–H groups in total. The predicted molar refractivity (Wildman–Crippen MR) is 148 cm³/mol. The summed E-state index contributed by atoms with van der Waals surface area (Å²) in [4.78, 5) is 60.9. The van der Waals surface area contributed by atoms with Crippen LogP contribution in [0.1, 0.15) is 81.2 Å². The normalized spacial score (nSPS) is 14.8. The Balaban J connectivity index is 1.58. The maximum absolute atomic E-state index is 13.4. The minimum absolute atomic E-state index is 0.102. The van der Waals surface area contributed by atoms with E-state index in [0.717, 1.165) is 18.5 Å². The SMILES string of the molecule is COC(=O)Nc1c(C)nc(C(C)(C)C)n(CC(=O)N[C@@H](C(=O)c2nnc(C3(c4ccccn4)CC3)o2)C(C)C)c1=O. The molecule has 4 rings (SSSR count). The van der Waals surface area contributed by atoms with Crippen LogP contribution in [0.5, 0.6) is 0 Å². The highest BCUT2D eigenvalue weighted by Gasteiger charge is 2.52. The number of methoxy groups -OCH3 is 1. The fraction of sp³-hybridized carbons (Fsp3) is 0.500. The van der Waals surface area contributed by atoms with Crippen LogP contribution in [0.2, 0.25) is 0 Å². The number of aromatic nitrogens is 5. The van der Waals surface area contributed by atoms with E-state index in [1.54, 1.807) is 27.0 Å². The van der Waals surface area contributed by atoms with Gasteiger partial charge >= 0.3 is 6.09 Å². The molecule has 0 saturated heterocycles. The molecule has 0 bridgehead atoms. The molecule has 1 saturated carbocycles. The number of ketones is 1. The van der Waals surface area contributed by atoms with E-state index in [2.05, 4.69) is 35.5 Å². The number of carbonyl (C=O) groups is 3. The number of amides is 2. The van der Waals surface area contributed by atoms with Crippen LogP contribution in [0.15, 0.2) is 33.6 Å². The van der Waals surface area contributed by atoms with E-state index in [-0.39, 0.29) is 23.2 Å². The number of Topliss-reactive ketones (excluding diaryl/α,β-unsaturated/α-hetero) is 1. The third-order valence-electron chi connectivity index (χ3n) is 6.95. The second-order valence-electron chi connectivity index (χ2n) is 11.5. The van der Waals surface area contributed by atoms with Gasteiger partial charge in [0.2, 0.25) is 17.6 Å². The van der Waals surface area contributed by atoms with E-state index in [9.17, 15) is 19.2 Å². The van der Waals surface area contributed by atoms with Crippen molar-refractivity contribution in [1.29, 1.82) is 0 Å². The lowest BCUT2D eigenvalue weighted by atomic mass is 9.95. The van der Waals surface area contributed by atoms with Gasteiger partial charge in [0.15, 0.2) is 0 Å². The molecule has 0 spiro atoms. The molecule has 1 fully saturated rings. The molecule has 0 radical (unpaired) electrons. The zero-order valence-electron chi connectivity index (χ0n) is 24.3. The molecule has 3 aromatic heterocycles. The first kappa shape index (κ1) is 29.6. The van der Waals surface area contributed by atoms with Crippen LogP contribution in [0.25, 0.3) is 0 Å². The lowest BCUT2D eigenvalue weighted by Crippen LogP contribution is -2.47. The van der Waals surface area contributed by atoms with E-state index in [4.69, 9.17) is 4.42 Å². The Morgan fingerprint density at radius 3 is 2.44 bits per heavy atom. The number of ether oxygens (including phenoxy) is 1. The van der Waals surface area contributed by atoms with Crippen LogP contribution in [0.3, 0.4) is 0 Å². The molecule has 41 heavy (non-hydrogen) atoms. The standard InChI is InChI=1S/C28H35N7O6/c1-15(2)19(21(37)22-33-34-25(41-22)28(11-12-28)17-10-8-9-13-29-17)31-18(36)14-35-23(38)20(32-26(39)40-7)16(3)30-24(35)27(4,5)6/h8-10,13,15,19H,11-12,14H2,1-7H3,(H,31,36)(H,32,39)/t19-/m1/s1. The number of rotatable bonds is 9. The molecule has 3 aromatic rings. The van der Waals surface area contributed by atoms with Gasteiger partial charge < -0.3 is 14.5 Å². The van der Waals surface area contributed by atoms with E-state index in [1.165, 1.54) is 11.7 Å². The van der Waals surface area contributed by atoms with Crippen LogP contribution in [0, 0.1) is 12.8 Å². The van der Waals surface area contributed by atoms with Crippen LogP contribution in [0.4, 0.5) is 10.5 Å². The topological polar surface area (TPSA) is 171 Å². The quantitative estimate of drug-likeness (QED) is 0.368. The zero-order chi connectivity index (χ0) is 30.1. The zero-order valence-corrected chi connectivity index (χ0v) is 24.3. The maximum atomic E-state index is 13.4. The molecular formula is C28H35N7O6. The Hall–Kier alpha value is -4.42. The van der Waals surface area contributed by atoms with Crippen molar-refractivity contribution in [3.05, 3.63) is 63.7 Å². The van der Waals surface area contributed by atoms with Crippen molar-refractivity contribution in [1.82, 2.24) is 30.0 Å². The van der Waals surface area contributed by atoms with E-state index < -0.39 is 46.8 Å². The summed E-state index contributed by atoms with van der Waals surface area (Å²) in [6, 6.07) is 4.58. The van der Waals surface area contributed by atoms with Gasteiger partial charge in [-0.15, -0.1) is 10.2 Å². The lowest BCUT2D eigenvalue weighted by Gasteiger charge is -2.25. The number of carbonyl (C=O) groups excluding carboxylic acids is 3. The predicted octanol–water partition coefficient (Wildman–Crippen LogP) is 2.91. The highest BCUT2D eigenvalue weighted by atomic mass is 16.5. The summed E-state index contributed by atoms with van der Waals surface area (Å²) >= 11 is 0. The molecule has 0 aromatic carbocycles. The summed E-state index contributed by atoms with van der Waals surface area (Å²) in [5, 5.41) is 13.2. The molecule has 13 nitrogen and oxygen atoms in total. The van der Waals surface area contributed by atoms with Crippen LogP contribution >= 0.6 is 0 Å². The summed E-state index contributed by atoms with van der Waals surface area (Å²) in [5.74, 6) is -1.04. The maximum Gasteiger partial charge on any atom is 0.411 e. The molecular weight excluding hydrogens is 530 g/mol. The second-order valence-corrected chi connectivity index (χ2v) is 11.5. The molecule has 2 amide bonds. The molecule has 1 atom stereocenters. The molecule has 0 unspecified atom stereocenters. The van der Waals surface area contributed by atoms with E-state index in [0.29, 0.717) is 11.7 Å². The third kappa shape index (κ3) is 6.03. The summed E-state index contributed by atoms with van der Waals surface area (Å²) in [7, 11) is 1.17. The third-order valence-corrected chi connectivity index (χ3v) is 6.95. The number of pyridine rings is 1. The Bertz CT molecular complexity index is 1520. The number of aryl methyl sites for hydroxylation is 1. The van der Waals surface area contributed by atoms with E-state index >= 15 is 0 Å². The van der Waals surface area contributed by atoms with Gasteiger partial charge in [0.1, 0.15) is 18.1 Å². The molecule has 13 heteroatoms. The van der Waals surface area contributed by atoms with Crippen molar-refractivity contribution in [3.8, 4) is 0 Å². The van der Waals surface area contributed by atoms with Crippen molar-refractivity contribution in [2.75, 3.05) is 12.4 Å². The summed E-state index contributed by atoms with van der Waals surface area (Å²) < 4.78 is 11.6. The first-order valence-electron chi connectivity index (χ1n) is 13.3. The van der Waals surface area contributed by atoms with Gasteiger partial charge in [-0.1, -0.05) is 40.7 Å². The summed E-state index contributed by atoms with van der Waals surface area (Å²) in [5.41, 5.74) is -0.779. The van der Waals surface area contributed by atoms with Crippen molar-refractivity contribution in [2.24, 2.45) is 5.92 Å². The van der Waals surface area contributed by atoms with Gasteiger partial charge in [-0.25, -0.2) is 9.78 Å². The Labute approximate surface area is 237 Å². The smallest absolute Gasteiger partial charge is 0.411 e. The monoisotopic (exact) mass is 565 g/mol. The molecule has 218 valence electrons. The fourth-order valence-electron chi connectivity index (χ4n) is 4.57. The van der Waals surface area contributed by atoms with Crippen LogP contribution < -0.4 is 16.2 Å². The minimum atomic E-state index is -0.999. The Kier molecular flexibility index (Phi) is 8.09. The highest BCUT2D eigenvalue weighted by Crippen LogP contribution is 2.52. The molecule has 1 aliphatic carbocycles. The van der Waals surface area contributed by atoms with Gasteiger partial charge in [-0.3, -0.25) is 29.3 Å². The van der Waals surface area contributed by atoms with Gasteiger partial charge in [0, 0.05) is 11.6 Å². The van der Waals surface area contributed by atoms with Crippen molar-refractivity contribution in [2.45, 2.75) is 77.8 Å². The number of nitrogens with one attached hydrogen (secondary N) is 2. The summed E-state index contributed by atoms with van der Waals surface area (Å²) in [6.45, 7) is 10.2. The Morgan fingerprint density at radius 2 is 1.88 bits per heavy atom. The second kappa shape index (κ2) is 11.2. The first-order chi connectivity index (χ1) is 19.3. The number of nitrogens with zero attached hydrogens (tertiary/aromatic N) is 5. The fourth-order valence-corrected chi connectivity index (χ4v) is 4.57. The highest BCUT2D eigenvalue weighted by molar-refractivity contribution is 5.98. The van der Waals surface area contributed by atoms with Crippen molar-refractivity contribution >= 4 is 23.5 Å². The van der Waals surface area contributed by atoms with Gasteiger partial charge in [0.05, 0.1) is 30.0 Å². The molecule has 1 aliphatic rings. The van der Waals surface area contributed by atoms with Crippen LogP contribution in [-0.4, -0.2) is 55.7 Å². The molecule has 0 aliphatic heterocycles. The largest absolute Gasteiger partial charge is 0.453 e. The summed E-state index contributed by atoms with van der Waals surface area (Å²) in [6.07, 6.45) is 2.39. The lowest BCUT2D eigenvalue weighted by molar-refractivity contribution is -0.122. The number of hydrogen-bond donors (Lipinski definition) is 2. The Morgan fingerprint density at radius 1 is 1.17 bits per heavy atom. The van der Waals surface area contributed by atoms with Crippen LogP contribution in [-0.2, 0) is 26.9 Å². The van der Waals surface area contributed by atoms with Crippen molar-refractivity contribution in [3.63, 3.8) is 0 Å². The average molecular weight is 566 g/mol. The molecule has 3 heterocycles. The van der Waals surface area contributed by atoms with Gasteiger partial charge in [0.25, 0.3) is 11.4 Å².